The van der Waals surface area contributed by atoms with Gasteiger partial charge in [-0.15, -0.1) is 0 Å². The highest BCUT2D eigenvalue weighted by Gasteiger charge is 2.28. The lowest BCUT2D eigenvalue weighted by Crippen LogP contribution is -2.31. The van der Waals surface area contributed by atoms with Crippen LogP contribution in [0.3, 0.4) is 0 Å². The lowest BCUT2D eigenvalue weighted by molar-refractivity contribution is -0.134. The Labute approximate surface area is 233 Å². The Balaban J connectivity index is 1.80. The van der Waals surface area contributed by atoms with Gasteiger partial charge in [-0.1, -0.05) is 36.4 Å². The molecule has 3 aromatic carbocycles. The molecule has 0 radical (unpaired) electrons. The number of esters is 2. The van der Waals surface area contributed by atoms with Gasteiger partial charge in [0.15, 0.2) is 11.5 Å². The highest BCUT2D eigenvalue weighted by atomic mass is 16.5. The zero-order valence-corrected chi connectivity index (χ0v) is 23.1. The van der Waals surface area contributed by atoms with Crippen molar-refractivity contribution in [3.63, 3.8) is 0 Å². The molecule has 8 nitrogen and oxygen atoms in total. The number of methoxy groups -OCH3 is 3. The van der Waals surface area contributed by atoms with Gasteiger partial charge in [-0.2, -0.15) is 0 Å². The van der Waals surface area contributed by atoms with E-state index in [0.717, 1.165) is 11.1 Å². The molecule has 1 aliphatic rings. The smallest absolute Gasteiger partial charge is 0.337 e. The summed E-state index contributed by atoms with van der Waals surface area (Å²) in [5.74, 6) is -0.255. The van der Waals surface area contributed by atoms with E-state index in [-0.39, 0.29) is 18.0 Å². The number of ether oxygens (including phenoxy) is 4. The molecule has 0 aromatic heterocycles. The van der Waals surface area contributed by atoms with Gasteiger partial charge in [-0.05, 0) is 61.9 Å². The second kappa shape index (κ2) is 11.9. The Morgan fingerprint density at radius 1 is 0.925 bits per heavy atom. The molecule has 0 saturated heterocycles. The van der Waals surface area contributed by atoms with Crippen molar-refractivity contribution < 1.29 is 33.3 Å². The minimum Gasteiger partial charge on any atom is -0.492 e. The molecule has 1 heterocycles. The number of nitrogens with zero attached hydrogens (tertiary/aromatic N) is 1. The number of hydrogen-bond acceptors (Lipinski definition) is 7. The van der Waals surface area contributed by atoms with Crippen LogP contribution in [0.5, 0.6) is 11.5 Å². The molecule has 0 fully saturated rings. The van der Waals surface area contributed by atoms with E-state index in [0.29, 0.717) is 28.3 Å². The summed E-state index contributed by atoms with van der Waals surface area (Å²) in [6, 6.07) is 17.4. The minimum atomic E-state index is -0.541. The quantitative estimate of drug-likeness (QED) is 0.267. The Hall–Kier alpha value is -4.85. The number of benzene rings is 3. The Kier molecular flexibility index (Phi) is 8.38. The highest BCUT2D eigenvalue weighted by molar-refractivity contribution is 6.07. The maximum atomic E-state index is 14.0. The summed E-state index contributed by atoms with van der Waals surface area (Å²) >= 11 is 0. The maximum absolute atomic E-state index is 14.0. The van der Waals surface area contributed by atoms with Crippen LogP contribution in [0.25, 0.3) is 12.2 Å². The zero-order valence-electron chi connectivity index (χ0n) is 23.1. The molecule has 0 atom stereocenters. The van der Waals surface area contributed by atoms with Crippen molar-refractivity contribution in [1.29, 1.82) is 0 Å². The summed E-state index contributed by atoms with van der Waals surface area (Å²) in [5, 5.41) is 0. The lowest BCUT2D eigenvalue weighted by Gasteiger charge is -2.31. The van der Waals surface area contributed by atoms with E-state index >= 15 is 0 Å². The number of anilines is 1. The monoisotopic (exact) mass is 541 g/mol. The van der Waals surface area contributed by atoms with Crippen molar-refractivity contribution in [2.75, 3.05) is 26.2 Å². The van der Waals surface area contributed by atoms with E-state index in [2.05, 4.69) is 0 Å². The molecular weight excluding hydrogens is 510 g/mol. The topological polar surface area (TPSA) is 91.4 Å². The Morgan fingerprint density at radius 2 is 1.68 bits per heavy atom. The number of carbonyl (C=O) groups excluding carboxylic acids is 3. The van der Waals surface area contributed by atoms with Gasteiger partial charge in [0, 0.05) is 28.5 Å². The van der Waals surface area contributed by atoms with Crippen molar-refractivity contribution in [2.24, 2.45) is 0 Å². The van der Waals surface area contributed by atoms with Crippen LogP contribution in [-0.4, -0.2) is 44.8 Å². The third-order valence-electron chi connectivity index (χ3n) is 6.36. The van der Waals surface area contributed by atoms with Crippen LogP contribution in [0.1, 0.15) is 51.3 Å². The number of amides is 1. The molecule has 8 heteroatoms. The Bertz CT molecular complexity index is 1500. The van der Waals surface area contributed by atoms with Crippen molar-refractivity contribution in [3.8, 4) is 11.5 Å². The van der Waals surface area contributed by atoms with E-state index < -0.39 is 17.5 Å². The molecule has 206 valence electrons. The van der Waals surface area contributed by atoms with Gasteiger partial charge in [0.25, 0.3) is 5.91 Å². The molecule has 0 spiro atoms. The molecule has 1 aliphatic heterocycles. The summed E-state index contributed by atoms with van der Waals surface area (Å²) in [4.78, 5) is 39.4. The van der Waals surface area contributed by atoms with Gasteiger partial charge >= 0.3 is 11.9 Å². The van der Waals surface area contributed by atoms with E-state index in [1.807, 2.05) is 44.2 Å². The van der Waals surface area contributed by atoms with E-state index in [4.69, 9.17) is 18.9 Å². The normalized spacial score (nSPS) is 13.2. The number of carbonyl (C=O) groups is 3. The summed E-state index contributed by atoms with van der Waals surface area (Å²) in [7, 11) is 4.16. The summed E-state index contributed by atoms with van der Waals surface area (Å²) < 4.78 is 21.6. The highest BCUT2D eigenvalue weighted by Crippen LogP contribution is 2.42. The van der Waals surface area contributed by atoms with Crippen LogP contribution >= 0.6 is 0 Å². The summed E-state index contributed by atoms with van der Waals surface area (Å²) in [6.07, 6.45) is 6.89. The molecule has 40 heavy (non-hydrogen) atoms. The van der Waals surface area contributed by atoms with Crippen LogP contribution in [-0.2, 0) is 20.8 Å². The minimum absolute atomic E-state index is 0.134. The van der Waals surface area contributed by atoms with Gasteiger partial charge in [-0.3, -0.25) is 4.79 Å². The fourth-order valence-electron chi connectivity index (χ4n) is 4.32. The molecule has 0 aliphatic carbocycles. The first-order valence-electron chi connectivity index (χ1n) is 12.6. The molecule has 4 rings (SSSR count). The van der Waals surface area contributed by atoms with Crippen molar-refractivity contribution in [2.45, 2.75) is 26.0 Å². The third kappa shape index (κ3) is 6.23. The van der Waals surface area contributed by atoms with Crippen LogP contribution in [0.15, 0.2) is 72.8 Å². The van der Waals surface area contributed by atoms with Crippen LogP contribution in [0, 0.1) is 0 Å². The largest absolute Gasteiger partial charge is 0.492 e. The van der Waals surface area contributed by atoms with Gasteiger partial charge < -0.3 is 23.8 Å². The molecule has 3 aromatic rings. The van der Waals surface area contributed by atoms with E-state index in [1.54, 1.807) is 54.5 Å². The van der Waals surface area contributed by atoms with Crippen LogP contribution in [0.4, 0.5) is 5.69 Å². The van der Waals surface area contributed by atoms with E-state index in [9.17, 15) is 14.4 Å². The number of fused-ring (bicyclic) bond motifs is 1. The first-order chi connectivity index (χ1) is 19.2. The molecule has 1 amide bonds. The molecule has 0 saturated carbocycles. The number of rotatable bonds is 8. The fourth-order valence-corrected chi connectivity index (χ4v) is 4.32. The first-order valence-corrected chi connectivity index (χ1v) is 12.6. The van der Waals surface area contributed by atoms with Gasteiger partial charge in [0.1, 0.15) is 5.60 Å². The second-order valence-corrected chi connectivity index (χ2v) is 9.63. The van der Waals surface area contributed by atoms with Crippen molar-refractivity contribution in [3.05, 3.63) is 101 Å². The van der Waals surface area contributed by atoms with Crippen molar-refractivity contribution in [1.82, 2.24) is 0 Å². The average molecular weight is 542 g/mol. The van der Waals surface area contributed by atoms with Crippen LogP contribution in [0.2, 0.25) is 0 Å². The van der Waals surface area contributed by atoms with Gasteiger partial charge in [0.05, 0.1) is 33.4 Å². The fraction of sp³-hybridized carbons (Fsp3) is 0.219. The second-order valence-electron chi connectivity index (χ2n) is 9.63. The van der Waals surface area contributed by atoms with Gasteiger partial charge in [-0.25, -0.2) is 9.59 Å². The predicted molar refractivity (Wildman–Crippen MR) is 153 cm³/mol. The zero-order chi connectivity index (χ0) is 28.9. The standard InChI is InChI=1S/C32H31NO7/c1-32(2)17-16-22-13-14-25(28(38-4)29(22)40-32)20-33(26-11-6-8-21(18-26)12-15-27(34)37-3)30(35)23-9-7-10-24(19-23)31(36)39-5/h6-19H,20H2,1-5H3/b15-12+. The predicted octanol–water partition coefficient (Wildman–Crippen LogP) is 5.70. The summed E-state index contributed by atoms with van der Waals surface area (Å²) in [5.41, 5.74) is 2.90. The molecule has 0 bridgehead atoms. The Morgan fingerprint density at radius 3 is 2.40 bits per heavy atom. The van der Waals surface area contributed by atoms with Crippen molar-refractivity contribution >= 4 is 35.7 Å². The third-order valence-corrected chi connectivity index (χ3v) is 6.36. The molecule has 0 N–H and O–H groups in total. The van der Waals surface area contributed by atoms with Crippen LogP contribution < -0.4 is 14.4 Å². The first kappa shape index (κ1) is 28.2. The molecular formula is C32H31NO7. The van der Waals surface area contributed by atoms with Gasteiger partial charge in [0.2, 0.25) is 0 Å². The number of hydrogen-bond donors (Lipinski definition) is 0. The van der Waals surface area contributed by atoms with E-state index in [1.165, 1.54) is 26.4 Å². The molecule has 0 unspecified atom stereocenters. The average Bonchev–Trinajstić information content (AvgIpc) is 2.97. The lowest BCUT2D eigenvalue weighted by atomic mass is 9.99. The maximum Gasteiger partial charge on any atom is 0.337 e. The SMILES string of the molecule is COC(=O)/C=C/c1cccc(N(Cc2ccc3c(c2OC)OC(C)(C)C=C3)C(=O)c2cccc(C(=O)OC)c2)c1. The summed E-state index contributed by atoms with van der Waals surface area (Å²) in [6.45, 7) is 4.04.